The summed E-state index contributed by atoms with van der Waals surface area (Å²) in [6.45, 7) is 8.92. The molecular weight excluding hydrogens is 398 g/mol. The molecule has 0 saturated carbocycles. The summed E-state index contributed by atoms with van der Waals surface area (Å²) >= 11 is 0. The van der Waals surface area contributed by atoms with Crippen LogP contribution in [0.5, 0.6) is 0 Å². The molecule has 0 amide bonds. The largest absolute Gasteiger partial charge is 0.550 e. The first-order chi connectivity index (χ1) is 14.8. The van der Waals surface area contributed by atoms with Crippen LogP contribution in [-0.4, -0.2) is 17.2 Å². The Morgan fingerprint density at radius 3 is 1.50 bits per heavy atom. The second-order valence-corrected chi connectivity index (χ2v) is 10.6. The van der Waals surface area contributed by atoms with Crippen LogP contribution in [0.4, 0.5) is 0 Å². The Bertz CT molecular complexity index is 411. The first-order valence-electron chi connectivity index (χ1n) is 13.7. The number of rotatable bonds is 23. The normalized spacial score (nSPS) is 13.5. The van der Waals surface area contributed by atoms with Gasteiger partial charge in [0.25, 0.3) is 0 Å². The van der Waals surface area contributed by atoms with Crippen LogP contribution in [-0.2, 0) is 4.79 Å². The summed E-state index contributed by atoms with van der Waals surface area (Å²) in [7, 11) is 0. The highest BCUT2D eigenvalue weighted by Crippen LogP contribution is 2.39. The topological polar surface area (TPSA) is 96.9 Å². The molecule has 4 heteroatoms. The zero-order valence-electron chi connectivity index (χ0n) is 22.6. The van der Waals surface area contributed by atoms with Crippen LogP contribution >= 0.6 is 0 Å². The molecule has 0 heterocycles. The van der Waals surface area contributed by atoms with E-state index in [1.165, 1.54) is 96.3 Å². The van der Waals surface area contributed by atoms with Gasteiger partial charge in [-0.2, -0.15) is 0 Å². The smallest absolute Gasteiger partial charge is 0.0577 e. The lowest BCUT2D eigenvalue weighted by atomic mass is 9.69. The monoisotopic (exact) mass is 457 g/mol. The minimum atomic E-state index is -1.06. The summed E-state index contributed by atoms with van der Waals surface area (Å²) in [5.74, 6) is -0.891. The molecule has 0 spiro atoms. The van der Waals surface area contributed by atoms with Crippen LogP contribution in [0.15, 0.2) is 0 Å². The number of hydrogen-bond acceptors (Lipinski definition) is 3. The summed E-state index contributed by atoms with van der Waals surface area (Å²) in [5.41, 5.74) is 0.0535. The Morgan fingerprint density at radius 1 is 0.719 bits per heavy atom. The quantitative estimate of drug-likeness (QED) is 0.152. The van der Waals surface area contributed by atoms with Crippen LogP contribution < -0.4 is 11.3 Å². The number of aliphatic carboxylic acids is 1. The molecule has 0 radical (unpaired) electrons. The number of carboxylic acid groups (broad SMARTS) is 1. The third-order valence-corrected chi connectivity index (χ3v) is 7.14. The molecule has 5 N–H and O–H groups in total. The van der Waals surface area contributed by atoms with Gasteiger partial charge >= 0.3 is 0 Å². The molecular formula is C28H59NO3. The number of carbonyl (C=O) groups is 1. The van der Waals surface area contributed by atoms with E-state index in [1.807, 2.05) is 0 Å². The van der Waals surface area contributed by atoms with Gasteiger partial charge in [0.05, 0.1) is 6.10 Å². The minimum absolute atomic E-state index is 0. The van der Waals surface area contributed by atoms with E-state index >= 15 is 0 Å². The number of carbonyl (C=O) groups excluding carboxylic acids is 1. The van der Waals surface area contributed by atoms with E-state index in [4.69, 9.17) is 0 Å². The van der Waals surface area contributed by atoms with Gasteiger partial charge in [-0.15, -0.1) is 0 Å². The van der Waals surface area contributed by atoms with Gasteiger partial charge in [0.15, 0.2) is 0 Å². The Labute approximate surface area is 200 Å². The molecule has 0 aromatic carbocycles. The predicted octanol–water partition coefficient (Wildman–Crippen LogP) is 7.96. The highest BCUT2D eigenvalue weighted by atomic mass is 16.4. The van der Waals surface area contributed by atoms with Crippen LogP contribution in [0.25, 0.3) is 0 Å². The molecule has 0 aliphatic rings. The Morgan fingerprint density at radius 2 is 1.12 bits per heavy atom. The maximum atomic E-state index is 10.7. The summed E-state index contributed by atoms with van der Waals surface area (Å²) in [6, 6.07) is 0. The highest BCUT2D eigenvalue weighted by Gasteiger charge is 2.33. The van der Waals surface area contributed by atoms with Crippen molar-refractivity contribution in [2.45, 2.75) is 162 Å². The standard InChI is InChI=1S/C28H56O3.H3N/c1-5-7-8-9-10-11-12-13-14-15-16-17-18-19-20-24-28(3,4)25(21-6-2)26(29)22-23-27(30)31;/h25-26,29H,5-24H2,1-4H3,(H,30,31);1H3. The fourth-order valence-corrected chi connectivity index (χ4v) is 5.02. The van der Waals surface area contributed by atoms with Crippen molar-refractivity contribution < 1.29 is 15.0 Å². The van der Waals surface area contributed by atoms with Crippen molar-refractivity contribution in [2.75, 3.05) is 0 Å². The summed E-state index contributed by atoms with van der Waals surface area (Å²) in [4.78, 5) is 10.7. The van der Waals surface area contributed by atoms with E-state index in [2.05, 4.69) is 27.7 Å². The predicted molar refractivity (Wildman–Crippen MR) is 138 cm³/mol. The number of quaternary nitrogens is 1. The third-order valence-electron chi connectivity index (χ3n) is 7.14. The Balaban J connectivity index is 0. The molecule has 0 rings (SSSR count). The fourth-order valence-electron chi connectivity index (χ4n) is 5.02. The zero-order valence-corrected chi connectivity index (χ0v) is 22.6. The zero-order chi connectivity index (χ0) is 23.4. The summed E-state index contributed by atoms with van der Waals surface area (Å²) < 4.78 is 0. The van der Waals surface area contributed by atoms with Crippen molar-refractivity contribution in [3.63, 3.8) is 0 Å². The lowest BCUT2D eigenvalue weighted by molar-refractivity contribution is -0.306. The first kappa shape index (κ1) is 33.6. The molecule has 2 unspecified atom stereocenters. The summed E-state index contributed by atoms with van der Waals surface area (Å²) in [6.07, 6.45) is 23.5. The van der Waals surface area contributed by atoms with E-state index in [1.54, 1.807) is 0 Å². The first-order valence-corrected chi connectivity index (χ1v) is 13.7. The second kappa shape index (κ2) is 22.2. The number of aliphatic hydroxyl groups excluding tert-OH is 1. The SMILES string of the molecule is CCCCCCCCCCCCCCCCCC(C)(C)C(CCC)C(O)CCC(=O)[O-].[NH4+]. The lowest BCUT2D eigenvalue weighted by Gasteiger charge is -2.38. The van der Waals surface area contributed by atoms with Gasteiger partial charge in [0.1, 0.15) is 0 Å². The number of hydrogen-bond donors (Lipinski definition) is 2. The van der Waals surface area contributed by atoms with Crippen LogP contribution in [0, 0.1) is 11.3 Å². The molecule has 0 fully saturated rings. The maximum Gasteiger partial charge on any atom is 0.0577 e. The van der Waals surface area contributed by atoms with Gasteiger partial charge in [0, 0.05) is 5.97 Å². The van der Waals surface area contributed by atoms with E-state index in [9.17, 15) is 15.0 Å². The number of aliphatic hydroxyl groups is 1. The molecule has 4 nitrogen and oxygen atoms in total. The lowest BCUT2D eigenvalue weighted by Crippen LogP contribution is -2.35. The van der Waals surface area contributed by atoms with Crippen molar-refractivity contribution in [1.82, 2.24) is 6.15 Å². The maximum absolute atomic E-state index is 10.7. The molecule has 0 aromatic heterocycles. The molecule has 0 bridgehead atoms. The van der Waals surface area contributed by atoms with Gasteiger partial charge in [-0.1, -0.05) is 130 Å². The van der Waals surface area contributed by atoms with Crippen LogP contribution in [0.1, 0.15) is 156 Å². The molecule has 194 valence electrons. The van der Waals surface area contributed by atoms with Crippen LogP contribution in [0.2, 0.25) is 0 Å². The van der Waals surface area contributed by atoms with Gasteiger partial charge in [-0.25, -0.2) is 0 Å². The molecule has 0 saturated heterocycles. The van der Waals surface area contributed by atoms with E-state index in [-0.39, 0.29) is 23.9 Å². The number of unbranched alkanes of at least 4 members (excludes halogenated alkanes) is 14. The van der Waals surface area contributed by atoms with Gasteiger partial charge < -0.3 is 21.2 Å². The van der Waals surface area contributed by atoms with Crippen LogP contribution in [0.3, 0.4) is 0 Å². The summed E-state index contributed by atoms with van der Waals surface area (Å²) in [5, 5.41) is 21.3. The highest BCUT2D eigenvalue weighted by molar-refractivity contribution is 5.64. The van der Waals surface area contributed by atoms with Gasteiger partial charge in [-0.05, 0) is 37.0 Å². The molecule has 2 atom stereocenters. The van der Waals surface area contributed by atoms with Crippen molar-refractivity contribution in [3.8, 4) is 0 Å². The number of carboxylic acids is 1. The average molecular weight is 458 g/mol. The fraction of sp³-hybridized carbons (Fsp3) is 0.964. The van der Waals surface area contributed by atoms with Gasteiger partial charge in [-0.3, -0.25) is 0 Å². The molecule has 0 aliphatic heterocycles. The van der Waals surface area contributed by atoms with E-state index < -0.39 is 12.1 Å². The Kier molecular flexibility index (Phi) is 23.3. The minimum Gasteiger partial charge on any atom is -0.550 e. The van der Waals surface area contributed by atoms with Crippen molar-refractivity contribution in [2.24, 2.45) is 11.3 Å². The van der Waals surface area contributed by atoms with Crippen molar-refractivity contribution in [1.29, 1.82) is 0 Å². The second-order valence-electron chi connectivity index (χ2n) is 10.6. The van der Waals surface area contributed by atoms with E-state index in [0.29, 0.717) is 6.42 Å². The van der Waals surface area contributed by atoms with Crippen molar-refractivity contribution in [3.05, 3.63) is 0 Å². The molecule has 0 aliphatic carbocycles. The molecule has 32 heavy (non-hydrogen) atoms. The van der Waals surface area contributed by atoms with Crippen molar-refractivity contribution >= 4 is 5.97 Å². The average Bonchev–Trinajstić information content (AvgIpc) is 2.72. The molecule has 0 aromatic rings. The van der Waals surface area contributed by atoms with E-state index in [0.717, 1.165) is 19.3 Å². The third kappa shape index (κ3) is 18.9. The Hall–Kier alpha value is -0.610. The van der Waals surface area contributed by atoms with Gasteiger partial charge in [0.2, 0.25) is 0 Å².